The van der Waals surface area contributed by atoms with Crippen molar-refractivity contribution in [3.05, 3.63) is 24.5 Å². The number of nitrogens with zero attached hydrogens (tertiary/aromatic N) is 4. The first-order chi connectivity index (χ1) is 10.8. The van der Waals surface area contributed by atoms with Crippen molar-refractivity contribution in [1.29, 1.82) is 0 Å². The van der Waals surface area contributed by atoms with Gasteiger partial charge in [0, 0.05) is 18.7 Å². The van der Waals surface area contributed by atoms with E-state index in [4.69, 9.17) is 0 Å². The zero-order valence-corrected chi connectivity index (χ0v) is 14.1. The van der Waals surface area contributed by atoms with E-state index in [0.29, 0.717) is 18.9 Å². The Kier molecular flexibility index (Phi) is 4.04. The van der Waals surface area contributed by atoms with Gasteiger partial charge in [-0.2, -0.15) is 0 Å². The molecule has 0 unspecified atom stereocenters. The summed E-state index contributed by atoms with van der Waals surface area (Å²) in [6, 6.07) is -0.552. The largest absolute Gasteiger partial charge is 0.391 e. The van der Waals surface area contributed by atoms with Crippen LogP contribution in [0.4, 0.5) is 0 Å². The van der Waals surface area contributed by atoms with Gasteiger partial charge in [0.25, 0.3) is 0 Å². The van der Waals surface area contributed by atoms with Crippen molar-refractivity contribution in [3.8, 4) is 0 Å². The van der Waals surface area contributed by atoms with E-state index in [9.17, 15) is 9.90 Å². The Labute approximate surface area is 137 Å². The fourth-order valence-corrected chi connectivity index (χ4v) is 3.34. The van der Waals surface area contributed by atoms with Crippen LogP contribution in [0.15, 0.2) is 18.9 Å². The van der Waals surface area contributed by atoms with E-state index in [0.717, 1.165) is 18.5 Å². The summed E-state index contributed by atoms with van der Waals surface area (Å²) in [5.74, 6) is 0.486. The van der Waals surface area contributed by atoms with Gasteiger partial charge >= 0.3 is 0 Å². The molecule has 3 rings (SSSR count). The molecule has 126 valence electrons. The summed E-state index contributed by atoms with van der Waals surface area (Å²) in [5.41, 5.74) is 0.680. The maximum absolute atomic E-state index is 13.2. The van der Waals surface area contributed by atoms with Gasteiger partial charge in [0.2, 0.25) is 5.91 Å². The van der Waals surface area contributed by atoms with Gasteiger partial charge in [0.1, 0.15) is 6.04 Å². The molecular weight excluding hydrogens is 292 g/mol. The van der Waals surface area contributed by atoms with Crippen LogP contribution in [0.5, 0.6) is 0 Å². The number of β-amino-alcohol motifs (C(OH)–C–C–N with tert-alkyl or cyclic N) is 1. The summed E-state index contributed by atoms with van der Waals surface area (Å²) >= 11 is 0. The highest BCUT2D eigenvalue weighted by molar-refractivity contribution is 5.82. The van der Waals surface area contributed by atoms with Gasteiger partial charge in [-0.1, -0.05) is 32.1 Å². The number of aliphatic hydroxyl groups is 1. The molecule has 1 amide bonds. The number of aliphatic hydroxyl groups excluding tert-OH is 1. The molecule has 1 aliphatic heterocycles. The Morgan fingerprint density at radius 1 is 1.48 bits per heavy atom. The number of hydrogen-bond acceptors (Lipinski definition) is 4. The highest BCUT2D eigenvalue weighted by Crippen LogP contribution is 2.40. The van der Waals surface area contributed by atoms with E-state index in [1.807, 2.05) is 27.0 Å². The minimum atomic E-state index is -0.486. The Balaban J connectivity index is 1.89. The zero-order valence-electron chi connectivity index (χ0n) is 14.1. The van der Waals surface area contributed by atoms with Crippen molar-refractivity contribution in [3.63, 3.8) is 0 Å². The molecule has 2 fully saturated rings. The number of carbonyl (C=O) groups is 1. The first-order valence-corrected chi connectivity index (χ1v) is 8.34. The third-order valence-corrected chi connectivity index (χ3v) is 4.72. The van der Waals surface area contributed by atoms with E-state index in [-0.39, 0.29) is 17.4 Å². The minimum Gasteiger partial charge on any atom is -0.391 e. The SMILES string of the molecule is C=C[C@@H]1C[C@@H](O)CN1C(=O)[C@@H](n1cc(C2CC2)nn1)C(C)(C)C. The van der Waals surface area contributed by atoms with Crippen LogP contribution in [-0.2, 0) is 4.79 Å². The topological polar surface area (TPSA) is 71.2 Å². The van der Waals surface area contributed by atoms with Crippen LogP contribution in [0, 0.1) is 5.41 Å². The molecule has 6 nitrogen and oxygen atoms in total. The summed E-state index contributed by atoms with van der Waals surface area (Å²) in [4.78, 5) is 14.9. The number of amides is 1. The second-order valence-corrected chi connectivity index (χ2v) is 7.85. The standard InChI is InChI=1S/C17H26N4O2/c1-5-12-8-13(22)9-20(12)16(23)15(17(2,3)4)21-10-14(18-19-21)11-6-7-11/h5,10-13,15,22H,1,6-9H2,2-4H3/t12-,13-,15-/m1/s1. The van der Waals surface area contributed by atoms with Crippen molar-refractivity contribution in [1.82, 2.24) is 19.9 Å². The summed E-state index contributed by atoms with van der Waals surface area (Å²) < 4.78 is 1.71. The van der Waals surface area contributed by atoms with Gasteiger partial charge in [0.15, 0.2) is 0 Å². The third-order valence-electron chi connectivity index (χ3n) is 4.72. The summed E-state index contributed by atoms with van der Waals surface area (Å²) in [6.45, 7) is 10.2. The molecule has 0 aromatic carbocycles. The minimum absolute atomic E-state index is 0.0220. The van der Waals surface area contributed by atoms with Crippen molar-refractivity contribution in [2.24, 2.45) is 5.41 Å². The van der Waals surface area contributed by atoms with Crippen LogP contribution >= 0.6 is 0 Å². The molecule has 0 bridgehead atoms. The molecule has 23 heavy (non-hydrogen) atoms. The maximum atomic E-state index is 13.2. The zero-order chi connectivity index (χ0) is 16.8. The van der Waals surface area contributed by atoms with Crippen molar-refractivity contribution in [2.45, 2.75) is 64.1 Å². The molecule has 3 atom stereocenters. The molecule has 1 aliphatic carbocycles. The van der Waals surface area contributed by atoms with Gasteiger partial charge in [-0.3, -0.25) is 4.79 Å². The number of rotatable bonds is 4. The Bertz CT molecular complexity index is 600. The van der Waals surface area contributed by atoms with Gasteiger partial charge < -0.3 is 10.0 Å². The van der Waals surface area contributed by atoms with Crippen molar-refractivity contribution in [2.75, 3.05) is 6.54 Å². The monoisotopic (exact) mass is 318 g/mol. The van der Waals surface area contributed by atoms with E-state index < -0.39 is 12.1 Å². The molecule has 1 saturated heterocycles. The highest BCUT2D eigenvalue weighted by atomic mass is 16.3. The van der Waals surface area contributed by atoms with E-state index in [1.54, 1.807) is 15.7 Å². The lowest BCUT2D eigenvalue weighted by atomic mass is 9.85. The molecule has 1 aromatic heterocycles. The van der Waals surface area contributed by atoms with Gasteiger partial charge in [-0.15, -0.1) is 11.7 Å². The molecule has 0 spiro atoms. The summed E-state index contributed by atoms with van der Waals surface area (Å²) in [6.07, 6.45) is 6.04. The normalized spacial score (nSPS) is 26.3. The molecular formula is C17H26N4O2. The van der Waals surface area contributed by atoms with Crippen LogP contribution in [0.1, 0.15) is 57.7 Å². The van der Waals surface area contributed by atoms with E-state index in [2.05, 4.69) is 16.9 Å². The van der Waals surface area contributed by atoms with Gasteiger partial charge in [-0.05, 0) is 24.7 Å². The molecule has 6 heteroatoms. The smallest absolute Gasteiger partial charge is 0.248 e. The highest BCUT2D eigenvalue weighted by Gasteiger charge is 2.42. The Morgan fingerprint density at radius 2 is 2.17 bits per heavy atom. The van der Waals surface area contributed by atoms with Crippen LogP contribution in [0.3, 0.4) is 0 Å². The summed E-state index contributed by atoms with van der Waals surface area (Å²) in [5, 5.41) is 18.4. The lowest BCUT2D eigenvalue weighted by molar-refractivity contribution is -0.139. The second-order valence-electron chi connectivity index (χ2n) is 7.85. The second kappa shape index (κ2) is 5.74. The first-order valence-electron chi connectivity index (χ1n) is 8.34. The predicted octanol–water partition coefficient (Wildman–Crippen LogP) is 1.89. The fourth-order valence-electron chi connectivity index (χ4n) is 3.34. The van der Waals surface area contributed by atoms with E-state index in [1.165, 1.54) is 0 Å². The van der Waals surface area contributed by atoms with Gasteiger partial charge in [0.05, 0.1) is 17.8 Å². The van der Waals surface area contributed by atoms with Crippen LogP contribution in [-0.4, -0.2) is 49.6 Å². The van der Waals surface area contributed by atoms with Crippen LogP contribution in [0.2, 0.25) is 0 Å². The third kappa shape index (κ3) is 3.17. The number of hydrogen-bond donors (Lipinski definition) is 1. The molecule has 1 N–H and O–H groups in total. The Hall–Kier alpha value is -1.69. The number of aromatic nitrogens is 3. The number of carbonyl (C=O) groups excluding carboxylic acids is 1. The molecule has 0 radical (unpaired) electrons. The van der Waals surface area contributed by atoms with Gasteiger partial charge in [-0.25, -0.2) is 4.68 Å². The van der Waals surface area contributed by atoms with E-state index >= 15 is 0 Å². The number of likely N-dealkylation sites (tertiary alicyclic amines) is 1. The van der Waals surface area contributed by atoms with Crippen molar-refractivity contribution >= 4 is 5.91 Å². The first kappa shape index (κ1) is 16.2. The lowest BCUT2D eigenvalue weighted by Crippen LogP contribution is -2.44. The molecule has 2 aliphatic rings. The van der Waals surface area contributed by atoms with Crippen molar-refractivity contribution < 1.29 is 9.90 Å². The maximum Gasteiger partial charge on any atom is 0.248 e. The molecule has 1 aromatic rings. The summed E-state index contributed by atoms with van der Waals surface area (Å²) in [7, 11) is 0. The quantitative estimate of drug-likeness (QED) is 0.861. The predicted molar refractivity (Wildman–Crippen MR) is 86.8 cm³/mol. The lowest BCUT2D eigenvalue weighted by Gasteiger charge is -2.34. The average molecular weight is 318 g/mol. The molecule has 1 saturated carbocycles. The molecule has 2 heterocycles. The fraction of sp³-hybridized carbons (Fsp3) is 0.706. The van der Waals surface area contributed by atoms with Crippen LogP contribution in [0.25, 0.3) is 0 Å². The average Bonchev–Trinajstić information content (AvgIpc) is 3.08. The Morgan fingerprint density at radius 3 is 2.74 bits per heavy atom. The van der Waals surface area contributed by atoms with Crippen LogP contribution < -0.4 is 0 Å².